The van der Waals surface area contributed by atoms with E-state index < -0.39 is 4.92 Å². The topological polar surface area (TPSA) is 101 Å². The number of amides is 1. The molecule has 0 unspecified atom stereocenters. The summed E-state index contributed by atoms with van der Waals surface area (Å²) in [5, 5.41) is 14.6. The summed E-state index contributed by atoms with van der Waals surface area (Å²) in [7, 11) is 0. The van der Waals surface area contributed by atoms with E-state index in [0.29, 0.717) is 31.5 Å². The Kier molecular flexibility index (Phi) is 10.8. The lowest BCUT2D eigenvalue weighted by Gasteiger charge is -2.26. The van der Waals surface area contributed by atoms with Crippen molar-refractivity contribution in [2.75, 3.05) is 57.8 Å². The Morgan fingerprint density at radius 2 is 1.81 bits per heavy atom. The maximum atomic E-state index is 13.2. The molecular formula is C23H39N5O4. The summed E-state index contributed by atoms with van der Waals surface area (Å²) in [6.45, 7) is 14.6. The average Bonchev–Trinajstić information content (AvgIpc) is 2.76. The zero-order chi connectivity index (χ0) is 23.5. The maximum absolute atomic E-state index is 13.2. The molecule has 2 rings (SSSR count). The van der Waals surface area contributed by atoms with Gasteiger partial charge in [-0.2, -0.15) is 0 Å². The molecule has 1 saturated heterocycles. The third-order valence-electron chi connectivity index (χ3n) is 5.58. The first-order valence-corrected chi connectivity index (χ1v) is 11.8. The van der Waals surface area contributed by atoms with Crippen LogP contribution >= 0.6 is 0 Å². The summed E-state index contributed by atoms with van der Waals surface area (Å²) in [4.78, 5) is 32.7. The lowest BCUT2D eigenvalue weighted by atomic mass is 10.1. The molecule has 1 aromatic heterocycles. The molecule has 1 N–H and O–H groups in total. The predicted molar refractivity (Wildman–Crippen MR) is 126 cm³/mol. The van der Waals surface area contributed by atoms with Crippen LogP contribution < -0.4 is 5.32 Å². The van der Waals surface area contributed by atoms with Crippen molar-refractivity contribution in [1.29, 1.82) is 0 Å². The summed E-state index contributed by atoms with van der Waals surface area (Å²) in [6.07, 6.45) is 2.64. The molecular weight excluding hydrogens is 410 g/mol. The number of nitro groups is 1. The van der Waals surface area contributed by atoms with Gasteiger partial charge in [0.1, 0.15) is 5.69 Å². The van der Waals surface area contributed by atoms with Gasteiger partial charge in [0.15, 0.2) is 0 Å². The van der Waals surface area contributed by atoms with Crippen molar-refractivity contribution in [1.82, 2.24) is 14.8 Å². The molecule has 180 valence electrons. The molecule has 0 atom stereocenters. The van der Waals surface area contributed by atoms with Crippen LogP contribution in [-0.2, 0) is 4.74 Å². The van der Waals surface area contributed by atoms with Crippen LogP contribution in [-0.4, -0.2) is 78.1 Å². The van der Waals surface area contributed by atoms with E-state index in [-0.39, 0.29) is 23.1 Å². The molecule has 1 fully saturated rings. The molecule has 0 radical (unpaired) electrons. The minimum absolute atomic E-state index is 0.108. The Morgan fingerprint density at radius 3 is 2.38 bits per heavy atom. The van der Waals surface area contributed by atoms with Gasteiger partial charge in [-0.1, -0.05) is 27.7 Å². The van der Waals surface area contributed by atoms with Crippen LogP contribution in [0.15, 0.2) is 12.1 Å². The number of pyridine rings is 1. The number of rotatable bonds is 13. The van der Waals surface area contributed by atoms with Gasteiger partial charge >= 0.3 is 5.69 Å². The van der Waals surface area contributed by atoms with Gasteiger partial charge in [0.2, 0.25) is 5.82 Å². The fourth-order valence-electron chi connectivity index (χ4n) is 3.49. The van der Waals surface area contributed by atoms with Crippen molar-refractivity contribution in [2.45, 2.75) is 47.0 Å². The number of nitrogens with one attached hydrogen (secondary N) is 1. The van der Waals surface area contributed by atoms with E-state index in [1.807, 2.05) is 4.90 Å². The highest BCUT2D eigenvalue weighted by atomic mass is 16.6. The van der Waals surface area contributed by atoms with E-state index in [1.165, 1.54) is 12.1 Å². The summed E-state index contributed by atoms with van der Waals surface area (Å²) < 4.78 is 5.35. The van der Waals surface area contributed by atoms with Crippen LogP contribution in [0.5, 0.6) is 0 Å². The van der Waals surface area contributed by atoms with Crippen LogP contribution in [0.3, 0.4) is 0 Å². The van der Waals surface area contributed by atoms with Gasteiger partial charge in [-0.25, -0.2) is 4.98 Å². The summed E-state index contributed by atoms with van der Waals surface area (Å²) in [6, 6.07) is 2.85. The maximum Gasteiger partial charge on any atom is 0.311 e. The number of carbonyl (C=O) groups is 1. The largest absolute Gasteiger partial charge is 0.379 e. The van der Waals surface area contributed by atoms with Gasteiger partial charge < -0.3 is 15.0 Å². The second-order valence-corrected chi connectivity index (χ2v) is 9.21. The standard InChI is InChI=1S/C23H39N5O4/c1-18(2)8-12-27(13-9-19(3)4)23(29)20-6-7-21(28(30)31)22(25-20)24-10-5-11-26-14-16-32-17-15-26/h6-7,18-19H,5,8-17H2,1-4H3,(H,24,25). The van der Waals surface area contributed by atoms with Crippen molar-refractivity contribution in [3.63, 3.8) is 0 Å². The fraction of sp³-hybridized carbons (Fsp3) is 0.739. The number of morpholine rings is 1. The molecule has 9 heteroatoms. The molecule has 2 heterocycles. The minimum Gasteiger partial charge on any atom is -0.379 e. The number of anilines is 1. The van der Waals surface area contributed by atoms with Gasteiger partial charge in [-0.05, 0) is 43.7 Å². The summed E-state index contributed by atoms with van der Waals surface area (Å²) in [5.74, 6) is 0.962. The third-order valence-corrected chi connectivity index (χ3v) is 5.58. The first-order chi connectivity index (χ1) is 15.3. The van der Waals surface area contributed by atoms with Gasteiger partial charge in [0.05, 0.1) is 18.1 Å². The first-order valence-electron chi connectivity index (χ1n) is 11.8. The number of aromatic nitrogens is 1. The predicted octanol–water partition coefficient (Wildman–Crippen LogP) is 3.66. The Balaban J connectivity index is 2.06. The van der Waals surface area contributed by atoms with Crippen molar-refractivity contribution in [2.24, 2.45) is 11.8 Å². The number of carbonyl (C=O) groups excluding carboxylic acids is 1. The SMILES string of the molecule is CC(C)CCN(CCC(C)C)C(=O)c1ccc([N+](=O)[O-])c(NCCCN2CCOCC2)n1. The zero-order valence-electron chi connectivity index (χ0n) is 20.0. The van der Waals surface area contributed by atoms with E-state index in [4.69, 9.17) is 4.74 Å². The van der Waals surface area contributed by atoms with Gasteiger partial charge in [-0.15, -0.1) is 0 Å². The summed E-state index contributed by atoms with van der Waals surface area (Å²) in [5.41, 5.74) is 0.141. The van der Waals surface area contributed by atoms with Gasteiger partial charge in [0, 0.05) is 38.8 Å². The van der Waals surface area contributed by atoms with E-state index in [2.05, 4.69) is 42.9 Å². The molecule has 9 nitrogen and oxygen atoms in total. The van der Waals surface area contributed by atoms with Crippen LogP contribution in [0, 0.1) is 22.0 Å². The van der Waals surface area contributed by atoms with Crippen LogP contribution in [0.1, 0.15) is 57.4 Å². The van der Waals surface area contributed by atoms with E-state index >= 15 is 0 Å². The van der Waals surface area contributed by atoms with Crippen molar-refractivity contribution >= 4 is 17.4 Å². The number of hydrogen-bond acceptors (Lipinski definition) is 7. The Hall–Kier alpha value is -2.26. The molecule has 0 saturated carbocycles. The van der Waals surface area contributed by atoms with E-state index in [1.54, 1.807) is 0 Å². The van der Waals surface area contributed by atoms with Crippen LogP contribution in [0.4, 0.5) is 11.5 Å². The van der Waals surface area contributed by atoms with Gasteiger partial charge in [-0.3, -0.25) is 19.8 Å². The lowest BCUT2D eigenvalue weighted by Crippen LogP contribution is -2.37. The molecule has 0 aromatic carbocycles. The molecule has 1 aliphatic rings. The highest BCUT2D eigenvalue weighted by Gasteiger charge is 2.22. The molecule has 1 aliphatic heterocycles. The van der Waals surface area contributed by atoms with E-state index in [0.717, 1.165) is 52.1 Å². The summed E-state index contributed by atoms with van der Waals surface area (Å²) >= 11 is 0. The molecule has 0 aliphatic carbocycles. The highest BCUT2D eigenvalue weighted by molar-refractivity contribution is 5.93. The smallest absolute Gasteiger partial charge is 0.311 e. The molecule has 1 aromatic rings. The van der Waals surface area contributed by atoms with Crippen molar-refractivity contribution < 1.29 is 14.5 Å². The van der Waals surface area contributed by atoms with E-state index in [9.17, 15) is 14.9 Å². The Morgan fingerprint density at radius 1 is 1.19 bits per heavy atom. The lowest BCUT2D eigenvalue weighted by molar-refractivity contribution is -0.384. The molecule has 32 heavy (non-hydrogen) atoms. The zero-order valence-corrected chi connectivity index (χ0v) is 20.0. The molecule has 0 spiro atoms. The molecule has 0 bridgehead atoms. The number of hydrogen-bond donors (Lipinski definition) is 1. The highest BCUT2D eigenvalue weighted by Crippen LogP contribution is 2.23. The number of ether oxygens (including phenoxy) is 1. The Labute approximate surface area is 191 Å². The van der Waals surface area contributed by atoms with Gasteiger partial charge in [0.25, 0.3) is 5.91 Å². The first kappa shape index (κ1) is 26.0. The normalized spacial score (nSPS) is 14.7. The molecule has 1 amide bonds. The second-order valence-electron chi connectivity index (χ2n) is 9.21. The average molecular weight is 450 g/mol. The van der Waals surface area contributed by atoms with Crippen molar-refractivity contribution in [3.05, 3.63) is 27.9 Å². The van der Waals surface area contributed by atoms with Crippen LogP contribution in [0.2, 0.25) is 0 Å². The minimum atomic E-state index is -0.457. The fourth-order valence-corrected chi connectivity index (χ4v) is 3.49. The second kappa shape index (κ2) is 13.3. The van der Waals surface area contributed by atoms with Crippen LogP contribution in [0.25, 0.3) is 0 Å². The monoisotopic (exact) mass is 449 g/mol. The quantitative estimate of drug-likeness (QED) is 0.279. The number of nitrogens with zero attached hydrogens (tertiary/aromatic N) is 4. The Bertz CT molecular complexity index is 723. The van der Waals surface area contributed by atoms with Crippen molar-refractivity contribution in [3.8, 4) is 0 Å². The third kappa shape index (κ3) is 8.70.